The summed E-state index contributed by atoms with van der Waals surface area (Å²) in [5, 5.41) is 11.2. The van der Waals surface area contributed by atoms with E-state index < -0.39 is 15.9 Å². The maximum absolute atomic E-state index is 11.5. The Kier molecular flexibility index (Phi) is 4.82. The van der Waals surface area contributed by atoms with Gasteiger partial charge in [0.2, 0.25) is 10.0 Å². The highest BCUT2D eigenvalue weighted by atomic mass is 32.2. The number of carbonyl (C=O) groups is 1. The number of nitrogens with two attached hydrogens (primary N) is 1. The molecule has 0 saturated carbocycles. The fraction of sp³-hybridized carbons (Fsp3) is 0.556. The van der Waals surface area contributed by atoms with Crippen molar-refractivity contribution in [3.05, 3.63) is 6.20 Å². The van der Waals surface area contributed by atoms with Crippen LogP contribution in [-0.4, -0.2) is 37.3 Å². The minimum absolute atomic E-state index is 0.0925. The highest BCUT2D eigenvalue weighted by molar-refractivity contribution is 7.89. The van der Waals surface area contributed by atoms with Crippen LogP contribution in [0.25, 0.3) is 0 Å². The van der Waals surface area contributed by atoms with Gasteiger partial charge in [0.15, 0.2) is 5.82 Å². The van der Waals surface area contributed by atoms with Crippen LogP contribution in [0.3, 0.4) is 0 Å². The van der Waals surface area contributed by atoms with Gasteiger partial charge in [-0.05, 0) is 6.42 Å². The van der Waals surface area contributed by atoms with E-state index in [0.717, 1.165) is 6.42 Å². The van der Waals surface area contributed by atoms with E-state index >= 15 is 0 Å². The van der Waals surface area contributed by atoms with Crippen LogP contribution in [0, 0.1) is 0 Å². The van der Waals surface area contributed by atoms with Crippen molar-refractivity contribution in [3.63, 3.8) is 0 Å². The Morgan fingerprint density at radius 3 is 2.83 bits per heavy atom. The van der Waals surface area contributed by atoms with Gasteiger partial charge >= 0.3 is 0 Å². The lowest BCUT2D eigenvalue weighted by Crippen LogP contribution is -2.21. The zero-order chi connectivity index (χ0) is 13.8. The third-order valence-electron chi connectivity index (χ3n) is 1.94. The molecule has 1 heterocycles. The number of hydrogen-bond donors (Lipinski definition) is 2. The van der Waals surface area contributed by atoms with Crippen molar-refractivity contribution >= 4 is 21.7 Å². The first-order valence-corrected chi connectivity index (χ1v) is 6.83. The average Bonchev–Trinajstić information content (AvgIpc) is 2.59. The van der Waals surface area contributed by atoms with Gasteiger partial charge in [0.05, 0.1) is 0 Å². The van der Waals surface area contributed by atoms with Crippen LogP contribution in [0.4, 0.5) is 5.82 Å². The predicted octanol–water partition coefficient (Wildman–Crippen LogP) is -0.567. The highest BCUT2D eigenvalue weighted by Gasteiger charge is 2.19. The van der Waals surface area contributed by atoms with Gasteiger partial charge in [-0.25, -0.2) is 13.6 Å². The first-order valence-electron chi connectivity index (χ1n) is 5.28. The third-order valence-corrected chi connectivity index (χ3v) is 2.85. The van der Waals surface area contributed by atoms with Gasteiger partial charge in [-0.3, -0.25) is 9.48 Å². The minimum atomic E-state index is -3.92. The van der Waals surface area contributed by atoms with Crippen LogP contribution in [0.5, 0.6) is 0 Å². The van der Waals surface area contributed by atoms with E-state index in [9.17, 15) is 13.2 Å². The molecule has 9 heteroatoms. The number of carbonyl (C=O) groups excluding carboxylic acids is 1. The second kappa shape index (κ2) is 5.94. The SMILES string of the molecule is CCCOCC(=O)Nc1nn(C)cc1S(N)(=O)=O. The molecule has 0 bridgehead atoms. The summed E-state index contributed by atoms with van der Waals surface area (Å²) in [4.78, 5) is 11.2. The largest absolute Gasteiger partial charge is 0.372 e. The van der Waals surface area contributed by atoms with E-state index in [1.54, 1.807) is 0 Å². The summed E-state index contributed by atoms with van der Waals surface area (Å²) in [5.41, 5.74) is 0. The molecular formula is C9H16N4O4S. The number of ether oxygens (including phenoxy) is 1. The Labute approximate surface area is 105 Å². The molecule has 0 unspecified atom stereocenters. The average molecular weight is 276 g/mol. The molecular weight excluding hydrogens is 260 g/mol. The first-order chi connectivity index (χ1) is 8.34. The molecule has 1 aromatic heterocycles. The second-order valence-electron chi connectivity index (χ2n) is 3.66. The Balaban J connectivity index is 2.76. The van der Waals surface area contributed by atoms with Crippen molar-refractivity contribution in [3.8, 4) is 0 Å². The number of rotatable bonds is 6. The van der Waals surface area contributed by atoms with Gasteiger partial charge < -0.3 is 10.1 Å². The van der Waals surface area contributed by atoms with Gasteiger partial charge in [0.1, 0.15) is 11.5 Å². The Morgan fingerprint density at radius 2 is 2.28 bits per heavy atom. The van der Waals surface area contributed by atoms with E-state index in [4.69, 9.17) is 9.88 Å². The second-order valence-corrected chi connectivity index (χ2v) is 5.19. The van der Waals surface area contributed by atoms with Crippen molar-refractivity contribution in [2.45, 2.75) is 18.2 Å². The number of anilines is 1. The van der Waals surface area contributed by atoms with Gasteiger partial charge in [0.25, 0.3) is 5.91 Å². The van der Waals surface area contributed by atoms with Crippen LogP contribution in [0.2, 0.25) is 0 Å². The van der Waals surface area contributed by atoms with Crippen molar-refractivity contribution in [2.24, 2.45) is 12.2 Å². The van der Waals surface area contributed by atoms with Crippen molar-refractivity contribution in [1.82, 2.24) is 9.78 Å². The molecule has 0 aliphatic rings. The number of nitrogens with zero attached hydrogens (tertiary/aromatic N) is 2. The maximum atomic E-state index is 11.5. The molecule has 0 fully saturated rings. The van der Waals surface area contributed by atoms with E-state index in [0.29, 0.717) is 6.61 Å². The maximum Gasteiger partial charge on any atom is 0.251 e. The first kappa shape index (κ1) is 14.6. The molecule has 0 saturated heterocycles. The summed E-state index contributed by atoms with van der Waals surface area (Å²) in [6.07, 6.45) is 2.01. The van der Waals surface area contributed by atoms with Crippen LogP contribution in [0.15, 0.2) is 11.1 Å². The molecule has 0 radical (unpaired) electrons. The van der Waals surface area contributed by atoms with Crippen LogP contribution in [-0.2, 0) is 26.6 Å². The number of nitrogens with one attached hydrogen (secondary N) is 1. The molecule has 1 amide bonds. The Morgan fingerprint density at radius 1 is 1.61 bits per heavy atom. The lowest BCUT2D eigenvalue weighted by molar-refractivity contribution is -0.120. The molecule has 18 heavy (non-hydrogen) atoms. The third kappa shape index (κ3) is 4.09. The number of aryl methyl sites for hydroxylation is 1. The topological polar surface area (TPSA) is 116 Å². The molecule has 8 nitrogen and oxygen atoms in total. The molecule has 0 aromatic carbocycles. The summed E-state index contributed by atoms with van der Waals surface area (Å²) in [6, 6.07) is 0. The van der Waals surface area contributed by atoms with Crippen molar-refractivity contribution < 1.29 is 17.9 Å². The molecule has 0 spiro atoms. The van der Waals surface area contributed by atoms with E-state index in [1.807, 2.05) is 6.92 Å². The number of aromatic nitrogens is 2. The quantitative estimate of drug-likeness (QED) is 0.675. The van der Waals surface area contributed by atoms with Crippen LogP contribution < -0.4 is 10.5 Å². The summed E-state index contributed by atoms with van der Waals surface area (Å²) in [7, 11) is -2.40. The van der Waals surface area contributed by atoms with Gasteiger partial charge in [-0.15, -0.1) is 0 Å². The number of sulfonamides is 1. The lowest BCUT2D eigenvalue weighted by Gasteiger charge is -2.04. The molecule has 1 rings (SSSR count). The van der Waals surface area contributed by atoms with Gasteiger partial charge in [-0.1, -0.05) is 6.92 Å². The Hall–Kier alpha value is -1.45. The monoisotopic (exact) mass is 276 g/mol. The van der Waals surface area contributed by atoms with E-state index in [2.05, 4.69) is 10.4 Å². The zero-order valence-corrected chi connectivity index (χ0v) is 11.0. The highest BCUT2D eigenvalue weighted by Crippen LogP contribution is 2.16. The summed E-state index contributed by atoms with van der Waals surface area (Å²) < 4.78 is 28.8. The van der Waals surface area contributed by atoms with Crippen LogP contribution in [0.1, 0.15) is 13.3 Å². The van der Waals surface area contributed by atoms with Crippen LogP contribution >= 0.6 is 0 Å². The zero-order valence-electron chi connectivity index (χ0n) is 10.2. The predicted molar refractivity (Wildman–Crippen MR) is 64.3 cm³/mol. The minimum Gasteiger partial charge on any atom is -0.372 e. The molecule has 0 atom stereocenters. The van der Waals surface area contributed by atoms with Crippen molar-refractivity contribution in [2.75, 3.05) is 18.5 Å². The normalized spacial score (nSPS) is 11.5. The van der Waals surface area contributed by atoms with Gasteiger partial charge in [0, 0.05) is 19.9 Å². The number of hydrogen-bond acceptors (Lipinski definition) is 5. The summed E-state index contributed by atoms with van der Waals surface area (Å²) in [5.74, 6) is -0.572. The molecule has 0 aliphatic heterocycles. The fourth-order valence-electron chi connectivity index (χ4n) is 1.24. The molecule has 0 aliphatic carbocycles. The standard InChI is InChI=1S/C9H16N4O4S/c1-3-4-17-6-8(14)11-9-7(18(10,15)16)5-13(2)12-9/h5H,3-4,6H2,1-2H3,(H2,10,15,16)(H,11,12,14). The number of primary sulfonamides is 1. The molecule has 3 N–H and O–H groups in total. The fourth-order valence-corrected chi connectivity index (χ4v) is 1.90. The Bertz CT molecular complexity index is 523. The molecule has 1 aromatic rings. The van der Waals surface area contributed by atoms with E-state index in [1.165, 1.54) is 17.9 Å². The smallest absolute Gasteiger partial charge is 0.251 e. The van der Waals surface area contributed by atoms with E-state index in [-0.39, 0.29) is 17.3 Å². The summed E-state index contributed by atoms with van der Waals surface area (Å²) >= 11 is 0. The lowest BCUT2D eigenvalue weighted by atomic mass is 10.5. The van der Waals surface area contributed by atoms with Crippen molar-refractivity contribution in [1.29, 1.82) is 0 Å². The number of amides is 1. The summed E-state index contributed by atoms with van der Waals surface area (Å²) in [6.45, 7) is 2.21. The molecule has 102 valence electrons. The van der Waals surface area contributed by atoms with Gasteiger partial charge in [-0.2, -0.15) is 5.10 Å².